The number of hydrogen-bond donors (Lipinski definition) is 1. The van der Waals surface area contributed by atoms with Gasteiger partial charge in [0, 0.05) is 35.6 Å². The Morgan fingerprint density at radius 2 is 2.00 bits per heavy atom. The van der Waals surface area contributed by atoms with Crippen molar-refractivity contribution in [3.8, 4) is 11.1 Å². The molecule has 1 amide bonds. The minimum atomic E-state index is -4.64. The van der Waals surface area contributed by atoms with Crippen LogP contribution in [0, 0.1) is 12.8 Å². The first-order valence-corrected chi connectivity index (χ1v) is 11.7. The maximum atomic E-state index is 13.7. The van der Waals surface area contributed by atoms with Crippen LogP contribution in [0.15, 0.2) is 54.7 Å². The van der Waals surface area contributed by atoms with Crippen molar-refractivity contribution in [2.45, 2.75) is 25.6 Å². The number of hydrogen-bond acceptors (Lipinski definition) is 4. The molecule has 0 radical (unpaired) electrons. The highest BCUT2D eigenvalue weighted by molar-refractivity contribution is 6.04. The van der Waals surface area contributed by atoms with Crippen LogP contribution in [0.1, 0.15) is 27.2 Å². The van der Waals surface area contributed by atoms with Crippen LogP contribution in [0.2, 0.25) is 0 Å². The van der Waals surface area contributed by atoms with Gasteiger partial charge in [-0.3, -0.25) is 14.2 Å². The molecule has 3 aromatic rings. The van der Waals surface area contributed by atoms with E-state index in [1.165, 1.54) is 6.07 Å². The molecule has 3 heterocycles. The SMILES string of the molecule is Cc1ccc(NC(=O)c2ccnc(C(F)(F)F)c2)cc1-c1ccc2c(c1)N1CCOC[C@H]1[C@H](CF)C2. The highest BCUT2D eigenvalue weighted by Crippen LogP contribution is 2.39. The summed E-state index contributed by atoms with van der Waals surface area (Å²) < 4.78 is 58.3. The third-order valence-corrected chi connectivity index (χ3v) is 6.90. The molecule has 2 aliphatic heterocycles. The van der Waals surface area contributed by atoms with Crippen molar-refractivity contribution in [3.05, 3.63) is 77.1 Å². The molecule has 5 nitrogen and oxygen atoms in total. The molecule has 0 unspecified atom stereocenters. The molecule has 1 saturated heterocycles. The highest BCUT2D eigenvalue weighted by atomic mass is 19.4. The number of aromatic nitrogens is 1. The van der Waals surface area contributed by atoms with E-state index in [0.29, 0.717) is 31.9 Å². The van der Waals surface area contributed by atoms with Gasteiger partial charge in [-0.2, -0.15) is 13.2 Å². The van der Waals surface area contributed by atoms with E-state index in [1.54, 1.807) is 6.07 Å². The van der Waals surface area contributed by atoms with Crippen LogP contribution in [0.5, 0.6) is 0 Å². The smallest absolute Gasteiger partial charge is 0.377 e. The molecule has 0 spiro atoms. The number of carbonyl (C=O) groups excluding carboxylic acids is 1. The van der Waals surface area contributed by atoms with Gasteiger partial charge in [0.15, 0.2) is 0 Å². The summed E-state index contributed by atoms with van der Waals surface area (Å²) in [6, 6.07) is 13.5. The first kappa shape index (κ1) is 24.2. The Labute approximate surface area is 206 Å². The number of carbonyl (C=O) groups is 1. The topological polar surface area (TPSA) is 54.5 Å². The van der Waals surface area contributed by atoms with Gasteiger partial charge in [0.2, 0.25) is 0 Å². The monoisotopic (exact) mass is 499 g/mol. The van der Waals surface area contributed by atoms with E-state index >= 15 is 0 Å². The van der Waals surface area contributed by atoms with Gasteiger partial charge < -0.3 is 15.0 Å². The predicted octanol–water partition coefficient (Wildman–Crippen LogP) is 5.68. The fourth-order valence-electron chi connectivity index (χ4n) is 5.00. The maximum absolute atomic E-state index is 13.7. The number of rotatable bonds is 4. The largest absolute Gasteiger partial charge is 0.433 e. The Kier molecular flexibility index (Phi) is 6.42. The number of pyridine rings is 1. The first-order chi connectivity index (χ1) is 17.2. The minimum absolute atomic E-state index is 0.000158. The number of morpholine rings is 1. The zero-order valence-electron chi connectivity index (χ0n) is 19.6. The molecule has 0 aliphatic carbocycles. The van der Waals surface area contributed by atoms with Gasteiger partial charge in [-0.25, -0.2) is 0 Å². The third-order valence-electron chi connectivity index (χ3n) is 6.90. The molecule has 2 aromatic carbocycles. The summed E-state index contributed by atoms with van der Waals surface area (Å²) >= 11 is 0. The molecule has 2 atom stereocenters. The van der Waals surface area contributed by atoms with Gasteiger partial charge in [-0.15, -0.1) is 0 Å². The number of amides is 1. The Morgan fingerprint density at radius 1 is 1.17 bits per heavy atom. The van der Waals surface area contributed by atoms with Crippen molar-refractivity contribution in [1.82, 2.24) is 4.98 Å². The maximum Gasteiger partial charge on any atom is 0.433 e. The summed E-state index contributed by atoms with van der Waals surface area (Å²) in [6.45, 7) is 3.34. The lowest BCUT2D eigenvalue weighted by Crippen LogP contribution is -2.53. The number of fused-ring (bicyclic) bond motifs is 3. The lowest BCUT2D eigenvalue weighted by Gasteiger charge is -2.45. The molecule has 0 saturated carbocycles. The average molecular weight is 500 g/mol. The second-order valence-corrected chi connectivity index (χ2v) is 9.21. The number of aryl methyl sites for hydroxylation is 1. The number of nitrogens with one attached hydrogen (secondary N) is 1. The van der Waals surface area contributed by atoms with Gasteiger partial charge in [-0.1, -0.05) is 18.2 Å². The Balaban J connectivity index is 1.43. The van der Waals surface area contributed by atoms with Crippen LogP contribution in [0.4, 0.5) is 28.9 Å². The fourth-order valence-corrected chi connectivity index (χ4v) is 5.00. The van der Waals surface area contributed by atoms with E-state index in [4.69, 9.17) is 4.74 Å². The minimum Gasteiger partial charge on any atom is -0.377 e. The van der Waals surface area contributed by atoms with E-state index in [2.05, 4.69) is 21.3 Å². The third kappa shape index (κ3) is 4.67. The zero-order chi connectivity index (χ0) is 25.4. The molecule has 2 aliphatic rings. The normalized spacial score (nSPS) is 19.4. The summed E-state index contributed by atoms with van der Waals surface area (Å²) in [5.74, 6) is -0.758. The second-order valence-electron chi connectivity index (χ2n) is 9.21. The van der Waals surface area contributed by atoms with Crippen molar-refractivity contribution in [2.75, 3.05) is 36.6 Å². The molecular weight excluding hydrogens is 474 g/mol. The first-order valence-electron chi connectivity index (χ1n) is 11.7. The molecule has 1 fully saturated rings. The molecule has 188 valence electrons. The van der Waals surface area contributed by atoms with E-state index < -0.39 is 24.5 Å². The van der Waals surface area contributed by atoms with Gasteiger partial charge in [-0.05, 0) is 65.9 Å². The number of benzene rings is 2. The van der Waals surface area contributed by atoms with Crippen molar-refractivity contribution in [3.63, 3.8) is 0 Å². The molecular formula is C27H25F4N3O2. The molecule has 1 N–H and O–H groups in total. The zero-order valence-corrected chi connectivity index (χ0v) is 19.6. The number of anilines is 2. The highest BCUT2D eigenvalue weighted by Gasteiger charge is 2.36. The van der Waals surface area contributed by atoms with Crippen LogP contribution >= 0.6 is 0 Å². The van der Waals surface area contributed by atoms with Crippen LogP contribution < -0.4 is 10.2 Å². The molecule has 36 heavy (non-hydrogen) atoms. The van der Waals surface area contributed by atoms with E-state index in [-0.39, 0.29) is 17.5 Å². The van der Waals surface area contributed by atoms with Crippen LogP contribution in [0.3, 0.4) is 0 Å². The quantitative estimate of drug-likeness (QED) is 0.470. The molecule has 0 bridgehead atoms. The van der Waals surface area contributed by atoms with Crippen molar-refractivity contribution in [1.29, 1.82) is 0 Å². The lowest BCUT2D eigenvalue weighted by atomic mass is 9.84. The second kappa shape index (κ2) is 9.54. The van der Waals surface area contributed by atoms with Gasteiger partial charge >= 0.3 is 6.18 Å². The summed E-state index contributed by atoms with van der Waals surface area (Å²) in [5, 5.41) is 2.69. The number of alkyl halides is 4. The van der Waals surface area contributed by atoms with Gasteiger partial charge in [0.05, 0.1) is 25.9 Å². The van der Waals surface area contributed by atoms with E-state index in [9.17, 15) is 22.4 Å². The summed E-state index contributed by atoms with van der Waals surface area (Å²) in [7, 11) is 0. The van der Waals surface area contributed by atoms with Crippen molar-refractivity contribution < 1.29 is 27.1 Å². The van der Waals surface area contributed by atoms with Gasteiger partial charge in [0.25, 0.3) is 5.91 Å². The average Bonchev–Trinajstić information content (AvgIpc) is 2.88. The Morgan fingerprint density at radius 3 is 2.78 bits per heavy atom. The fraction of sp³-hybridized carbons (Fsp3) is 0.333. The van der Waals surface area contributed by atoms with Crippen LogP contribution in [0.25, 0.3) is 11.1 Å². The standard InChI is InChI=1S/C27H25F4N3O2/c1-16-2-5-21(33-26(35)19-6-7-32-25(12-19)27(29,30)31)13-22(16)17-3-4-18-10-20(14-28)24-15-36-9-8-34(24)23(18)11-17/h2-7,11-13,20,24H,8-10,14-15H2,1H3,(H,33,35)/t20-,24-/m0/s1. The Hall–Kier alpha value is -3.46. The van der Waals surface area contributed by atoms with Gasteiger partial charge in [0.1, 0.15) is 5.69 Å². The Bertz CT molecular complexity index is 1290. The summed E-state index contributed by atoms with van der Waals surface area (Å²) in [4.78, 5) is 18.2. The molecule has 1 aromatic heterocycles. The van der Waals surface area contributed by atoms with Crippen molar-refractivity contribution in [2.24, 2.45) is 5.92 Å². The molecule has 5 rings (SSSR count). The van der Waals surface area contributed by atoms with E-state index in [0.717, 1.165) is 40.2 Å². The predicted molar refractivity (Wildman–Crippen MR) is 129 cm³/mol. The lowest BCUT2D eigenvalue weighted by molar-refractivity contribution is -0.141. The van der Waals surface area contributed by atoms with Crippen LogP contribution in [-0.2, 0) is 17.3 Å². The van der Waals surface area contributed by atoms with E-state index in [1.807, 2.05) is 31.2 Å². The summed E-state index contributed by atoms with van der Waals surface area (Å²) in [5.41, 5.74) is 4.18. The summed E-state index contributed by atoms with van der Waals surface area (Å²) in [6.07, 6.45) is -3.02. The molecule has 9 heteroatoms. The van der Waals surface area contributed by atoms with Crippen molar-refractivity contribution >= 4 is 17.3 Å². The number of halogens is 4. The van der Waals surface area contributed by atoms with Crippen LogP contribution in [-0.4, -0.2) is 43.4 Å². The number of ether oxygens (including phenoxy) is 1. The number of nitrogens with zero attached hydrogens (tertiary/aromatic N) is 2.